The molecule has 0 bridgehead atoms. The first-order chi connectivity index (χ1) is 14.0. The second kappa shape index (κ2) is 7.70. The Kier molecular flexibility index (Phi) is 4.94. The van der Waals surface area contributed by atoms with Crippen LogP contribution < -0.4 is 16.0 Å². The summed E-state index contributed by atoms with van der Waals surface area (Å²) in [6.45, 7) is 3.42. The molecule has 9 heteroatoms. The molecule has 0 atom stereocenters. The smallest absolute Gasteiger partial charge is 0.247 e. The Balaban J connectivity index is 1.63. The molecule has 3 aromatic rings. The Bertz CT molecular complexity index is 1070. The standard InChI is InChI=1S/C20H20FN7O/c1-3-18(29)24-13-6-7-16(21)17(8-13)26-19-15(12-4-5-12)10-22-20(27-19)25-14-9-23-28(2)11-14/h3,6-12H,1,4-5H2,2H3,(H,24,29)(H2,22,25,26,27). The third-order valence-electron chi connectivity index (χ3n) is 4.47. The summed E-state index contributed by atoms with van der Waals surface area (Å²) in [4.78, 5) is 20.4. The minimum Gasteiger partial charge on any atom is -0.337 e. The Hall–Kier alpha value is -3.75. The van der Waals surface area contributed by atoms with Gasteiger partial charge < -0.3 is 16.0 Å². The van der Waals surface area contributed by atoms with E-state index in [1.807, 2.05) is 7.05 Å². The van der Waals surface area contributed by atoms with Crippen molar-refractivity contribution in [2.75, 3.05) is 16.0 Å². The minimum absolute atomic E-state index is 0.208. The fraction of sp³-hybridized carbons (Fsp3) is 0.200. The first-order valence-electron chi connectivity index (χ1n) is 9.14. The molecule has 1 saturated carbocycles. The van der Waals surface area contributed by atoms with Gasteiger partial charge in [0.15, 0.2) is 0 Å². The molecule has 0 unspecified atom stereocenters. The monoisotopic (exact) mass is 393 g/mol. The van der Waals surface area contributed by atoms with E-state index in [2.05, 4.69) is 37.6 Å². The molecule has 0 spiro atoms. The summed E-state index contributed by atoms with van der Waals surface area (Å²) in [5.41, 5.74) is 2.34. The fourth-order valence-corrected chi connectivity index (χ4v) is 2.88. The molecule has 1 fully saturated rings. The number of nitrogens with one attached hydrogen (secondary N) is 3. The maximum absolute atomic E-state index is 14.4. The number of rotatable bonds is 7. The lowest BCUT2D eigenvalue weighted by atomic mass is 10.2. The van der Waals surface area contributed by atoms with E-state index in [0.717, 1.165) is 30.2 Å². The highest BCUT2D eigenvalue weighted by atomic mass is 19.1. The normalized spacial score (nSPS) is 13.0. The molecule has 3 N–H and O–H groups in total. The Labute approximate surface area is 166 Å². The number of hydrogen-bond donors (Lipinski definition) is 3. The van der Waals surface area contributed by atoms with Crippen molar-refractivity contribution in [1.29, 1.82) is 0 Å². The molecule has 1 aromatic carbocycles. The number of nitrogens with zero attached hydrogens (tertiary/aromatic N) is 4. The van der Waals surface area contributed by atoms with Crippen LogP contribution in [0.1, 0.15) is 24.3 Å². The van der Waals surface area contributed by atoms with Crippen molar-refractivity contribution in [3.8, 4) is 0 Å². The first-order valence-corrected chi connectivity index (χ1v) is 9.14. The number of aryl methyl sites for hydroxylation is 1. The molecule has 2 heterocycles. The minimum atomic E-state index is -0.455. The van der Waals surface area contributed by atoms with E-state index in [0.29, 0.717) is 23.4 Å². The van der Waals surface area contributed by atoms with E-state index in [1.54, 1.807) is 23.3 Å². The molecule has 29 heavy (non-hydrogen) atoms. The Morgan fingerprint density at radius 2 is 2.10 bits per heavy atom. The van der Waals surface area contributed by atoms with Crippen molar-refractivity contribution in [2.24, 2.45) is 7.05 Å². The molecule has 1 aliphatic carbocycles. The molecule has 2 aromatic heterocycles. The highest BCUT2D eigenvalue weighted by Crippen LogP contribution is 2.43. The van der Waals surface area contributed by atoms with Crippen LogP contribution in [0.3, 0.4) is 0 Å². The van der Waals surface area contributed by atoms with Crippen LogP contribution in [0.5, 0.6) is 0 Å². The number of amides is 1. The number of carbonyl (C=O) groups excluding carboxylic acids is 1. The fourth-order valence-electron chi connectivity index (χ4n) is 2.88. The predicted molar refractivity (Wildman–Crippen MR) is 109 cm³/mol. The molecule has 0 saturated heterocycles. The van der Waals surface area contributed by atoms with Crippen molar-refractivity contribution in [1.82, 2.24) is 19.7 Å². The molecule has 0 aliphatic heterocycles. The molecular formula is C20H20FN7O. The van der Waals surface area contributed by atoms with E-state index in [1.165, 1.54) is 18.2 Å². The second-order valence-corrected chi connectivity index (χ2v) is 6.81. The molecule has 0 radical (unpaired) electrons. The SMILES string of the molecule is C=CC(=O)Nc1ccc(F)c(Nc2nc(Nc3cnn(C)c3)ncc2C2CC2)c1. The largest absolute Gasteiger partial charge is 0.337 e. The van der Waals surface area contributed by atoms with E-state index in [-0.39, 0.29) is 11.6 Å². The average molecular weight is 393 g/mol. The van der Waals surface area contributed by atoms with Crippen LogP contribution in [0.4, 0.5) is 33.2 Å². The van der Waals surface area contributed by atoms with Crippen molar-refractivity contribution in [3.05, 3.63) is 60.8 Å². The maximum Gasteiger partial charge on any atom is 0.247 e. The summed E-state index contributed by atoms with van der Waals surface area (Å²) in [5, 5.41) is 12.9. The van der Waals surface area contributed by atoms with E-state index >= 15 is 0 Å². The van der Waals surface area contributed by atoms with Gasteiger partial charge in [-0.15, -0.1) is 0 Å². The first kappa shape index (κ1) is 18.6. The highest BCUT2D eigenvalue weighted by molar-refractivity contribution is 5.99. The number of benzene rings is 1. The van der Waals surface area contributed by atoms with Gasteiger partial charge in [-0.2, -0.15) is 10.1 Å². The Morgan fingerprint density at radius 1 is 1.28 bits per heavy atom. The quantitative estimate of drug-likeness (QED) is 0.528. The van der Waals surface area contributed by atoms with Crippen LogP contribution in [-0.4, -0.2) is 25.7 Å². The van der Waals surface area contributed by atoms with Gasteiger partial charge in [0.05, 0.1) is 17.6 Å². The maximum atomic E-state index is 14.4. The van der Waals surface area contributed by atoms with Gasteiger partial charge >= 0.3 is 0 Å². The molecule has 148 valence electrons. The second-order valence-electron chi connectivity index (χ2n) is 6.81. The number of anilines is 5. The predicted octanol–water partition coefficient (Wildman–Crippen LogP) is 3.84. The summed E-state index contributed by atoms with van der Waals surface area (Å²) < 4.78 is 16.1. The van der Waals surface area contributed by atoms with E-state index in [9.17, 15) is 9.18 Å². The van der Waals surface area contributed by atoms with Gasteiger partial charge in [0.1, 0.15) is 11.6 Å². The average Bonchev–Trinajstić information content (AvgIpc) is 3.46. The van der Waals surface area contributed by atoms with Crippen LogP contribution >= 0.6 is 0 Å². The van der Waals surface area contributed by atoms with Crippen LogP contribution in [0, 0.1) is 5.82 Å². The molecule has 1 amide bonds. The van der Waals surface area contributed by atoms with Crippen LogP contribution in [-0.2, 0) is 11.8 Å². The highest BCUT2D eigenvalue weighted by Gasteiger charge is 2.28. The summed E-state index contributed by atoms with van der Waals surface area (Å²) in [5.74, 6) is 0.438. The number of carbonyl (C=O) groups is 1. The third-order valence-corrected chi connectivity index (χ3v) is 4.47. The van der Waals surface area contributed by atoms with Crippen LogP contribution in [0.2, 0.25) is 0 Å². The Morgan fingerprint density at radius 3 is 2.79 bits per heavy atom. The topological polar surface area (TPSA) is 96.8 Å². The molecule has 1 aliphatic rings. The lowest BCUT2D eigenvalue weighted by molar-refractivity contribution is -0.111. The molecule has 8 nitrogen and oxygen atoms in total. The number of hydrogen-bond acceptors (Lipinski definition) is 6. The van der Waals surface area contributed by atoms with Crippen molar-refractivity contribution >= 4 is 34.7 Å². The van der Waals surface area contributed by atoms with Gasteiger partial charge in [-0.05, 0) is 43.0 Å². The molecular weight excluding hydrogens is 373 g/mol. The summed E-state index contributed by atoms with van der Waals surface area (Å²) >= 11 is 0. The number of aromatic nitrogens is 4. The van der Waals surface area contributed by atoms with Gasteiger partial charge in [0.2, 0.25) is 11.9 Å². The number of halogens is 1. The zero-order valence-corrected chi connectivity index (χ0v) is 15.8. The van der Waals surface area contributed by atoms with E-state index < -0.39 is 5.82 Å². The summed E-state index contributed by atoms with van der Waals surface area (Å²) in [6, 6.07) is 4.29. The third kappa shape index (κ3) is 4.40. The van der Waals surface area contributed by atoms with Gasteiger partial charge in [0, 0.05) is 30.7 Å². The van der Waals surface area contributed by atoms with Gasteiger partial charge in [-0.1, -0.05) is 6.58 Å². The van der Waals surface area contributed by atoms with Crippen LogP contribution in [0.15, 0.2) is 49.4 Å². The zero-order chi connectivity index (χ0) is 20.4. The van der Waals surface area contributed by atoms with Crippen molar-refractivity contribution < 1.29 is 9.18 Å². The van der Waals surface area contributed by atoms with Gasteiger partial charge in [0.25, 0.3) is 0 Å². The van der Waals surface area contributed by atoms with Crippen LogP contribution in [0.25, 0.3) is 0 Å². The lowest BCUT2D eigenvalue weighted by Crippen LogP contribution is -2.08. The lowest BCUT2D eigenvalue weighted by Gasteiger charge is -2.14. The zero-order valence-electron chi connectivity index (χ0n) is 15.8. The van der Waals surface area contributed by atoms with Gasteiger partial charge in [-0.3, -0.25) is 9.48 Å². The van der Waals surface area contributed by atoms with Crippen molar-refractivity contribution in [3.63, 3.8) is 0 Å². The van der Waals surface area contributed by atoms with Crippen molar-refractivity contribution in [2.45, 2.75) is 18.8 Å². The molecule has 4 rings (SSSR count). The van der Waals surface area contributed by atoms with Gasteiger partial charge in [-0.25, -0.2) is 9.37 Å². The summed E-state index contributed by atoms with van der Waals surface area (Å²) in [7, 11) is 1.82. The summed E-state index contributed by atoms with van der Waals surface area (Å²) in [6.07, 6.45) is 8.47. The van der Waals surface area contributed by atoms with E-state index in [4.69, 9.17) is 0 Å².